The first-order valence-corrected chi connectivity index (χ1v) is 7.51. The lowest BCUT2D eigenvalue weighted by molar-refractivity contribution is -0.124. The molecule has 0 aromatic carbocycles. The number of amides is 3. The largest absolute Gasteiger partial charge is 0.373 e. The van der Waals surface area contributed by atoms with Crippen LogP contribution < -0.4 is 10.6 Å². The Kier molecular flexibility index (Phi) is 5.37. The van der Waals surface area contributed by atoms with Crippen molar-refractivity contribution in [2.45, 2.75) is 57.8 Å². The average molecular weight is 283 g/mol. The van der Waals surface area contributed by atoms with Crippen LogP contribution in [0.25, 0.3) is 0 Å². The summed E-state index contributed by atoms with van der Waals surface area (Å²) in [7, 11) is 0. The molecule has 0 spiro atoms. The lowest BCUT2D eigenvalue weighted by Gasteiger charge is -2.34. The molecule has 2 rings (SSSR count). The molecule has 1 heterocycles. The smallest absolute Gasteiger partial charge is 0.321 e. The van der Waals surface area contributed by atoms with E-state index in [-0.39, 0.29) is 36.7 Å². The number of carbonyl (C=O) groups excluding carboxylic acids is 2. The van der Waals surface area contributed by atoms with Crippen LogP contribution in [0.1, 0.15) is 39.5 Å². The summed E-state index contributed by atoms with van der Waals surface area (Å²) in [5.74, 6) is -0.248. The second-order valence-corrected chi connectivity index (χ2v) is 5.95. The minimum absolute atomic E-state index is 0.124. The first-order valence-electron chi connectivity index (χ1n) is 7.51. The zero-order valence-electron chi connectivity index (χ0n) is 12.4. The third kappa shape index (κ3) is 4.76. The van der Waals surface area contributed by atoms with Crippen molar-refractivity contribution < 1.29 is 14.3 Å². The monoisotopic (exact) mass is 283 g/mol. The highest BCUT2D eigenvalue weighted by atomic mass is 16.5. The van der Waals surface area contributed by atoms with Gasteiger partial charge < -0.3 is 10.1 Å². The van der Waals surface area contributed by atoms with Gasteiger partial charge in [-0.25, -0.2) is 4.79 Å². The number of rotatable bonds is 3. The highest BCUT2D eigenvalue weighted by Crippen LogP contribution is 2.17. The van der Waals surface area contributed by atoms with Crippen molar-refractivity contribution in [3.05, 3.63) is 0 Å². The summed E-state index contributed by atoms with van der Waals surface area (Å²) in [6, 6.07) is -0.137. The molecule has 1 aliphatic carbocycles. The molecule has 2 N–H and O–H groups in total. The molecule has 2 atom stereocenters. The van der Waals surface area contributed by atoms with E-state index in [0.29, 0.717) is 0 Å². The molecule has 20 heavy (non-hydrogen) atoms. The van der Waals surface area contributed by atoms with E-state index < -0.39 is 0 Å². The van der Waals surface area contributed by atoms with Crippen LogP contribution in [0.2, 0.25) is 0 Å². The molecule has 1 aliphatic heterocycles. The van der Waals surface area contributed by atoms with Crippen LogP contribution in [0.3, 0.4) is 0 Å². The molecule has 0 aromatic rings. The van der Waals surface area contributed by atoms with Gasteiger partial charge in [-0.1, -0.05) is 12.8 Å². The van der Waals surface area contributed by atoms with Crippen molar-refractivity contribution in [3.8, 4) is 0 Å². The van der Waals surface area contributed by atoms with Crippen molar-refractivity contribution in [3.63, 3.8) is 0 Å². The normalized spacial score (nSPS) is 28.3. The van der Waals surface area contributed by atoms with Crippen molar-refractivity contribution in [2.24, 2.45) is 0 Å². The van der Waals surface area contributed by atoms with Gasteiger partial charge in [-0.2, -0.15) is 0 Å². The summed E-state index contributed by atoms with van der Waals surface area (Å²) in [4.78, 5) is 25.6. The van der Waals surface area contributed by atoms with E-state index in [9.17, 15) is 9.59 Å². The fourth-order valence-corrected chi connectivity index (χ4v) is 3.07. The number of urea groups is 1. The van der Waals surface area contributed by atoms with Crippen molar-refractivity contribution in [1.29, 1.82) is 0 Å². The number of morpholine rings is 1. The van der Waals surface area contributed by atoms with Crippen LogP contribution in [-0.4, -0.2) is 54.7 Å². The predicted molar refractivity (Wildman–Crippen MR) is 75.4 cm³/mol. The van der Waals surface area contributed by atoms with Crippen LogP contribution in [0.15, 0.2) is 0 Å². The van der Waals surface area contributed by atoms with E-state index in [1.165, 1.54) is 0 Å². The second kappa shape index (κ2) is 7.04. The predicted octanol–water partition coefficient (Wildman–Crippen LogP) is 0.864. The summed E-state index contributed by atoms with van der Waals surface area (Å²) in [6.45, 7) is 5.68. The first-order chi connectivity index (χ1) is 9.52. The van der Waals surface area contributed by atoms with Gasteiger partial charge in [0.25, 0.3) is 0 Å². The van der Waals surface area contributed by atoms with E-state index in [1.807, 2.05) is 18.7 Å². The molecule has 6 nitrogen and oxygen atoms in total. The van der Waals surface area contributed by atoms with Gasteiger partial charge in [0, 0.05) is 19.1 Å². The summed E-state index contributed by atoms with van der Waals surface area (Å²) in [5, 5.41) is 5.26. The molecule has 0 bridgehead atoms. The molecular formula is C14H25N3O3. The molecule has 6 heteroatoms. The van der Waals surface area contributed by atoms with Gasteiger partial charge in [-0.05, 0) is 26.7 Å². The topological polar surface area (TPSA) is 70.7 Å². The first kappa shape index (κ1) is 15.3. The number of ether oxygens (including phenoxy) is 1. The Morgan fingerprint density at radius 3 is 2.35 bits per heavy atom. The Hall–Kier alpha value is -1.14. The highest BCUT2D eigenvalue weighted by molar-refractivity contribution is 5.95. The van der Waals surface area contributed by atoms with E-state index in [2.05, 4.69) is 10.6 Å². The highest BCUT2D eigenvalue weighted by Gasteiger charge is 2.24. The number of hydrogen-bond acceptors (Lipinski definition) is 4. The van der Waals surface area contributed by atoms with E-state index in [0.717, 1.165) is 38.8 Å². The van der Waals surface area contributed by atoms with Gasteiger partial charge in [0.15, 0.2) is 0 Å². The maximum Gasteiger partial charge on any atom is 0.321 e. The molecule has 1 saturated heterocycles. The van der Waals surface area contributed by atoms with E-state index in [4.69, 9.17) is 4.74 Å². The van der Waals surface area contributed by atoms with E-state index in [1.54, 1.807) is 0 Å². The Balaban J connectivity index is 1.70. The maximum atomic E-state index is 11.9. The number of nitrogens with one attached hydrogen (secondary N) is 2. The van der Waals surface area contributed by atoms with Crippen molar-refractivity contribution in [2.75, 3.05) is 19.6 Å². The number of nitrogens with zero attached hydrogens (tertiary/aromatic N) is 1. The summed E-state index contributed by atoms with van der Waals surface area (Å²) >= 11 is 0. The number of hydrogen-bond donors (Lipinski definition) is 2. The van der Waals surface area contributed by atoms with Gasteiger partial charge in [-0.15, -0.1) is 0 Å². The standard InChI is InChI=1S/C14H25N3O3/c1-10-7-17(8-11(2)20-10)9-13(18)16-14(19)15-12-5-3-4-6-12/h10-12H,3-9H2,1-2H3,(H2,15,16,18,19). The molecule has 3 amide bonds. The summed E-state index contributed by atoms with van der Waals surface area (Å²) in [6.07, 6.45) is 4.59. The quantitative estimate of drug-likeness (QED) is 0.806. The molecule has 2 aliphatic rings. The van der Waals surface area contributed by atoms with Gasteiger partial charge in [0.2, 0.25) is 5.91 Å². The SMILES string of the molecule is CC1CN(CC(=O)NC(=O)NC2CCCC2)CC(C)O1. The Labute approximate surface area is 120 Å². The van der Waals surface area contributed by atoms with Crippen LogP contribution >= 0.6 is 0 Å². The molecule has 2 unspecified atom stereocenters. The van der Waals surface area contributed by atoms with Gasteiger partial charge in [-0.3, -0.25) is 15.0 Å². The fraction of sp³-hybridized carbons (Fsp3) is 0.857. The molecule has 1 saturated carbocycles. The third-order valence-corrected chi connectivity index (χ3v) is 3.81. The Morgan fingerprint density at radius 2 is 1.75 bits per heavy atom. The zero-order chi connectivity index (χ0) is 14.5. The third-order valence-electron chi connectivity index (χ3n) is 3.81. The summed E-state index contributed by atoms with van der Waals surface area (Å²) < 4.78 is 5.62. The van der Waals surface area contributed by atoms with Crippen LogP contribution in [0.4, 0.5) is 4.79 Å². The Bertz CT molecular complexity index is 346. The molecule has 0 radical (unpaired) electrons. The number of carbonyl (C=O) groups is 2. The molecule has 0 aromatic heterocycles. The molecule has 2 fully saturated rings. The Morgan fingerprint density at radius 1 is 1.15 bits per heavy atom. The molecule has 114 valence electrons. The van der Waals surface area contributed by atoms with Crippen LogP contribution in [0, 0.1) is 0 Å². The second-order valence-electron chi connectivity index (χ2n) is 5.95. The van der Waals surface area contributed by atoms with Crippen LogP contribution in [-0.2, 0) is 9.53 Å². The van der Waals surface area contributed by atoms with Gasteiger partial charge in [0.05, 0.1) is 18.8 Å². The average Bonchev–Trinajstić information content (AvgIpc) is 2.79. The lowest BCUT2D eigenvalue weighted by Crippen LogP contribution is -2.51. The van der Waals surface area contributed by atoms with Crippen molar-refractivity contribution in [1.82, 2.24) is 15.5 Å². The van der Waals surface area contributed by atoms with Gasteiger partial charge in [0.1, 0.15) is 0 Å². The summed E-state index contributed by atoms with van der Waals surface area (Å²) in [5.41, 5.74) is 0. The molecular weight excluding hydrogens is 258 g/mol. The van der Waals surface area contributed by atoms with Crippen LogP contribution in [0.5, 0.6) is 0 Å². The maximum absolute atomic E-state index is 11.9. The fourth-order valence-electron chi connectivity index (χ4n) is 3.07. The number of imide groups is 1. The van der Waals surface area contributed by atoms with E-state index >= 15 is 0 Å². The van der Waals surface area contributed by atoms with Gasteiger partial charge >= 0.3 is 6.03 Å². The van der Waals surface area contributed by atoms with Crippen molar-refractivity contribution >= 4 is 11.9 Å². The zero-order valence-corrected chi connectivity index (χ0v) is 12.4. The minimum atomic E-state index is -0.365. The minimum Gasteiger partial charge on any atom is -0.373 e. The lowest BCUT2D eigenvalue weighted by atomic mass is 10.2.